The highest BCUT2D eigenvalue weighted by atomic mass is 19.1. The molecule has 1 aliphatic heterocycles. The SMILES string of the molecule is COc1ccc(OCCN(C)C(=O)C2CC(=O)N(c3ccc(F)cc3F)C2)cc1. The summed E-state index contributed by atoms with van der Waals surface area (Å²) in [6.07, 6.45) is -0.0146. The number of benzene rings is 2. The normalized spacial score (nSPS) is 16.1. The fourth-order valence-electron chi connectivity index (χ4n) is 3.20. The number of anilines is 1. The molecule has 0 radical (unpaired) electrons. The lowest BCUT2D eigenvalue weighted by Crippen LogP contribution is -2.37. The van der Waals surface area contributed by atoms with Gasteiger partial charge in [-0.25, -0.2) is 8.78 Å². The van der Waals surface area contributed by atoms with Gasteiger partial charge >= 0.3 is 0 Å². The lowest BCUT2D eigenvalue weighted by Gasteiger charge is -2.22. The minimum Gasteiger partial charge on any atom is -0.497 e. The maximum atomic E-state index is 14.0. The zero-order chi connectivity index (χ0) is 21.0. The number of carbonyl (C=O) groups excluding carboxylic acids is 2. The van der Waals surface area contributed by atoms with Gasteiger partial charge < -0.3 is 19.3 Å². The van der Waals surface area contributed by atoms with Crippen molar-refractivity contribution in [1.29, 1.82) is 0 Å². The van der Waals surface area contributed by atoms with E-state index in [1.807, 2.05) is 0 Å². The third kappa shape index (κ3) is 4.82. The zero-order valence-electron chi connectivity index (χ0n) is 16.2. The first kappa shape index (κ1) is 20.6. The molecule has 0 spiro atoms. The second-order valence-corrected chi connectivity index (χ2v) is 6.78. The van der Waals surface area contributed by atoms with Crippen LogP contribution in [-0.4, -0.2) is 50.6 Å². The minimum atomic E-state index is -0.826. The van der Waals surface area contributed by atoms with Crippen molar-refractivity contribution in [3.63, 3.8) is 0 Å². The summed E-state index contributed by atoms with van der Waals surface area (Å²) in [7, 11) is 3.21. The molecule has 2 aromatic carbocycles. The first-order valence-corrected chi connectivity index (χ1v) is 9.16. The summed E-state index contributed by atoms with van der Waals surface area (Å²) in [4.78, 5) is 27.6. The van der Waals surface area contributed by atoms with Gasteiger partial charge in [-0.05, 0) is 36.4 Å². The largest absolute Gasteiger partial charge is 0.497 e. The van der Waals surface area contributed by atoms with Gasteiger partial charge in [0.25, 0.3) is 0 Å². The maximum absolute atomic E-state index is 14.0. The Kier molecular flexibility index (Phi) is 6.31. The average molecular weight is 404 g/mol. The van der Waals surface area contributed by atoms with Crippen molar-refractivity contribution in [1.82, 2.24) is 4.90 Å². The molecular weight excluding hydrogens is 382 g/mol. The number of amides is 2. The number of nitrogens with zero attached hydrogens (tertiary/aromatic N) is 2. The van der Waals surface area contributed by atoms with E-state index in [1.165, 1.54) is 15.9 Å². The van der Waals surface area contributed by atoms with Crippen molar-refractivity contribution in [2.45, 2.75) is 6.42 Å². The van der Waals surface area contributed by atoms with Gasteiger partial charge in [0.1, 0.15) is 29.7 Å². The molecule has 29 heavy (non-hydrogen) atoms. The van der Waals surface area contributed by atoms with E-state index in [-0.39, 0.29) is 37.1 Å². The summed E-state index contributed by atoms with van der Waals surface area (Å²) in [5.74, 6) is -1.34. The molecule has 0 aromatic heterocycles. The average Bonchev–Trinajstić information content (AvgIpc) is 3.09. The highest BCUT2D eigenvalue weighted by Gasteiger charge is 2.37. The van der Waals surface area contributed by atoms with Crippen LogP contribution >= 0.6 is 0 Å². The molecule has 2 aromatic rings. The van der Waals surface area contributed by atoms with E-state index in [4.69, 9.17) is 9.47 Å². The van der Waals surface area contributed by atoms with Crippen molar-refractivity contribution >= 4 is 17.5 Å². The Morgan fingerprint density at radius 1 is 1.17 bits per heavy atom. The monoisotopic (exact) mass is 404 g/mol. The van der Waals surface area contributed by atoms with E-state index >= 15 is 0 Å². The smallest absolute Gasteiger partial charge is 0.227 e. The second-order valence-electron chi connectivity index (χ2n) is 6.78. The summed E-state index contributed by atoms with van der Waals surface area (Å²) >= 11 is 0. The zero-order valence-corrected chi connectivity index (χ0v) is 16.2. The van der Waals surface area contributed by atoms with Crippen LogP contribution in [-0.2, 0) is 9.59 Å². The summed E-state index contributed by atoms with van der Waals surface area (Å²) in [5.41, 5.74) is -0.0165. The molecule has 3 rings (SSSR count). The third-order valence-corrected chi connectivity index (χ3v) is 4.81. The number of ether oxygens (including phenoxy) is 2. The molecule has 0 aliphatic carbocycles. The Hall–Kier alpha value is -3.16. The molecule has 6 nitrogen and oxygen atoms in total. The van der Waals surface area contributed by atoms with Crippen LogP contribution in [0.1, 0.15) is 6.42 Å². The van der Waals surface area contributed by atoms with Crippen molar-refractivity contribution in [2.24, 2.45) is 5.92 Å². The van der Waals surface area contributed by atoms with Crippen molar-refractivity contribution < 1.29 is 27.8 Å². The van der Waals surface area contributed by atoms with Crippen LogP contribution in [0.5, 0.6) is 11.5 Å². The Balaban J connectivity index is 1.53. The first-order valence-electron chi connectivity index (χ1n) is 9.16. The molecule has 0 bridgehead atoms. The predicted octanol–water partition coefficient (Wildman–Crippen LogP) is 2.86. The van der Waals surface area contributed by atoms with Gasteiger partial charge in [-0.15, -0.1) is 0 Å². The summed E-state index contributed by atoms with van der Waals surface area (Å²) in [5, 5.41) is 0. The highest BCUT2D eigenvalue weighted by molar-refractivity contribution is 6.00. The van der Waals surface area contributed by atoms with Crippen molar-refractivity contribution in [2.75, 3.05) is 38.8 Å². The predicted molar refractivity (Wildman–Crippen MR) is 103 cm³/mol. The van der Waals surface area contributed by atoms with Crippen LogP contribution in [0.2, 0.25) is 0 Å². The molecule has 0 saturated carbocycles. The number of rotatable bonds is 7. The lowest BCUT2D eigenvalue weighted by molar-refractivity contribution is -0.134. The van der Waals surface area contributed by atoms with Crippen molar-refractivity contribution in [3.05, 3.63) is 54.1 Å². The lowest BCUT2D eigenvalue weighted by atomic mass is 10.1. The molecule has 0 N–H and O–H groups in total. The van der Waals surface area contributed by atoms with Gasteiger partial charge in [-0.2, -0.15) is 0 Å². The van der Waals surface area contributed by atoms with E-state index in [1.54, 1.807) is 38.4 Å². The number of halogens is 2. The Morgan fingerprint density at radius 2 is 1.86 bits per heavy atom. The van der Waals surface area contributed by atoms with Crippen LogP contribution in [0.3, 0.4) is 0 Å². The Labute approximate surface area is 167 Å². The van der Waals surface area contributed by atoms with Gasteiger partial charge in [0.2, 0.25) is 11.8 Å². The van der Waals surface area contributed by atoms with Crippen LogP contribution in [0.15, 0.2) is 42.5 Å². The van der Waals surface area contributed by atoms with Gasteiger partial charge in [0.15, 0.2) is 0 Å². The maximum Gasteiger partial charge on any atom is 0.227 e. The second kappa shape index (κ2) is 8.89. The number of likely N-dealkylation sites (N-methyl/N-ethyl adjacent to an activating group) is 1. The summed E-state index contributed by atoms with van der Waals surface area (Å²) < 4.78 is 37.8. The molecule has 1 atom stereocenters. The summed E-state index contributed by atoms with van der Waals surface area (Å²) in [6.45, 7) is 0.676. The highest BCUT2D eigenvalue weighted by Crippen LogP contribution is 2.28. The van der Waals surface area contributed by atoms with Crippen molar-refractivity contribution in [3.8, 4) is 11.5 Å². The van der Waals surface area contributed by atoms with E-state index < -0.39 is 17.6 Å². The van der Waals surface area contributed by atoms with Crippen LogP contribution in [0, 0.1) is 17.6 Å². The molecule has 1 saturated heterocycles. The number of hydrogen-bond acceptors (Lipinski definition) is 4. The standard InChI is InChI=1S/C21H22F2N2O4/c1-24(9-10-29-17-6-4-16(28-2)5-7-17)21(27)14-11-20(26)25(13-14)19-8-3-15(22)12-18(19)23/h3-8,12,14H,9-11,13H2,1-2H3. The molecule has 1 aliphatic rings. The molecule has 1 fully saturated rings. The van der Waals surface area contributed by atoms with Crippen LogP contribution in [0.25, 0.3) is 0 Å². The summed E-state index contributed by atoms with van der Waals surface area (Å²) in [6, 6.07) is 10.1. The first-order chi connectivity index (χ1) is 13.9. The molecular formula is C21H22F2N2O4. The van der Waals surface area contributed by atoms with Gasteiger partial charge in [0, 0.05) is 26.1 Å². The Bertz CT molecular complexity index is 889. The topological polar surface area (TPSA) is 59.1 Å². The van der Waals surface area contributed by atoms with Crippen LogP contribution in [0.4, 0.5) is 14.5 Å². The van der Waals surface area contributed by atoms with Crippen LogP contribution < -0.4 is 14.4 Å². The van der Waals surface area contributed by atoms with Gasteiger partial charge in [-0.3, -0.25) is 9.59 Å². The molecule has 1 heterocycles. The van der Waals surface area contributed by atoms with E-state index in [0.29, 0.717) is 12.3 Å². The molecule has 2 amide bonds. The number of carbonyl (C=O) groups is 2. The van der Waals surface area contributed by atoms with E-state index in [2.05, 4.69) is 0 Å². The van der Waals surface area contributed by atoms with Gasteiger partial charge in [0.05, 0.1) is 25.3 Å². The molecule has 154 valence electrons. The van der Waals surface area contributed by atoms with Gasteiger partial charge in [-0.1, -0.05) is 0 Å². The minimum absolute atomic E-state index is 0.0146. The number of methoxy groups -OCH3 is 1. The fourth-order valence-corrected chi connectivity index (χ4v) is 3.20. The number of hydrogen-bond donors (Lipinski definition) is 0. The molecule has 8 heteroatoms. The molecule has 1 unspecified atom stereocenters. The fraction of sp³-hybridized carbons (Fsp3) is 0.333. The Morgan fingerprint density at radius 3 is 2.52 bits per heavy atom. The third-order valence-electron chi connectivity index (χ3n) is 4.81. The van der Waals surface area contributed by atoms with E-state index in [9.17, 15) is 18.4 Å². The van der Waals surface area contributed by atoms with E-state index in [0.717, 1.165) is 17.9 Å². The quantitative estimate of drug-likeness (QED) is 0.712.